The van der Waals surface area contributed by atoms with Gasteiger partial charge in [-0.15, -0.1) is 11.3 Å². The molecule has 15 heavy (non-hydrogen) atoms. The van der Waals surface area contributed by atoms with Crippen LogP contribution in [0, 0.1) is 6.92 Å². The number of halogens is 3. The predicted octanol–water partition coefficient (Wildman–Crippen LogP) is 4.22. The van der Waals surface area contributed by atoms with E-state index in [0.29, 0.717) is 4.88 Å². The first-order valence-electron chi connectivity index (χ1n) is 4.50. The number of thiophene rings is 1. The normalized spacial score (nSPS) is 10.5. The van der Waals surface area contributed by atoms with Gasteiger partial charge in [0.2, 0.25) is 0 Å². The fourth-order valence-electron chi connectivity index (χ4n) is 0.696. The summed E-state index contributed by atoms with van der Waals surface area (Å²) in [7, 11) is 0. The Morgan fingerprint density at radius 2 is 1.80 bits per heavy atom. The van der Waals surface area contributed by atoms with Crippen LogP contribution in [-0.4, -0.2) is 12.0 Å². The molecule has 0 fully saturated rings. The van der Waals surface area contributed by atoms with Gasteiger partial charge >= 0.3 is 6.18 Å². The minimum absolute atomic E-state index is 0.250. The van der Waals surface area contributed by atoms with E-state index in [-0.39, 0.29) is 4.88 Å². The molecule has 0 aromatic carbocycles. The molecule has 1 aromatic heterocycles. The zero-order valence-electron chi connectivity index (χ0n) is 8.81. The van der Waals surface area contributed by atoms with Crippen LogP contribution in [0.5, 0.6) is 0 Å². The van der Waals surface area contributed by atoms with E-state index in [4.69, 9.17) is 0 Å². The number of carbonyl (C=O) groups excluding carboxylic acids is 1. The highest BCUT2D eigenvalue weighted by atomic mass is 32.1. The molecule has 0 bridgehead atoms. The molecule has 0 aliphatic rings. The molecule has 1 nitrogen and oxygen atoms in total. The summed E-state index contributed by atoms with van der Waals surface area (Å²) in [6.07, 6.45) is -3.50. The highest BCUT2D eigenvalue weighted by Gasteiger charge is 2.39. The molecule has 0 atom stereocenters. The molecule has 0 aliphatic carbocycles. The number of Topliss-reactive ketones (excluding diaryl/α,β-unsaturated/α-hetero) is 1. The molecule has 0 spiro atoms. The lowest BCUT2D eigenvalue weighted by molar-refractivity contribution is -0.0882. The van der Waals surface area contributed by atoms with Crippen LogP contribution < -0.4 is 0 Å². The molecule has 0 saturated heterocycles. The molecule has 1 rings (SSSR count). The molecular formula is C10H13F3OS. The lowest BCUT2D eigenvalue weighted by Gasteiger charge is -2.00. The van der Waals surface area contributed by atoms with Gasteiger partial charge in [0.1, 0.15) is 0 Å². The predicted molar refractivity (Wildman–Crippen MR) is 55.4 cm³/mol. The topological polar surface area (TPSA) is 17.1 Å². The minimum Gasteiger partial charge on any atom is -0.283 e. The van der Waals surface area contributed by atoms with Crippen molar-refractivity contribution in [1.82, 2.24) is 0 Å². The molecule has 0 unspecified atom stereocenters. The van der Waals surface area contributed by atoms with E-state index in [1.165, 1.54) is 18.6 Å². The van der Waals surface area contributed by atoms with E-state index in [1.807, 2.05) is 0 Å². The van der Waals surface area contributed by atoms with E-state index in [2.05, 4.69) is 13.8 Å². The number of alkyl halides is 3. The lowest BCUT2D eigenvalue weighted by Crippen LogP contribution is -2.21. The van der Waals surface area contributed by atoms with Crippen LogP contribution in [-0.2, 0) is 0 Å². The first-order valence-corrected chi connectivity index (χ1v) is 5.32. The zero-order valence-corrected chi connectivity index (χ0v) is 9.63. The van der Waals surface area contributed by atoms with E-state index < -0.39 is 12.0 Å². The molecule has 86 valence electrons. The number of rotatable bonds is 1. The number of hydrogen-bond acceptors (Lipinski definition) is 2. The van der Waals surface area contributed by atoms with Crippen molar-refractivity contribution in [3.8, 4) is 0 Å². The van der Waals surface area contributed by atoms with Crippen LogP contribution in [0.15, 0.2) is 12.1 Å². The summed E-state index contributed by atoms with van der Waals surface area (Å²) in [5.41, 5.74) is 0. The first kappa shape index (κ1) is 14.2. The van der Waals surface area contributed by atoms with Crippen LogP contribution in [0.4, 0.5) is 13.2 Å². The fraction of sp³-hybridized carbons (Fsp3) is 0.500. The zero-order chi connectivity index (χ0) is 12.1. The van der Waals surface area contributed by atoms with Crippen molar-refractivity contribution in [2.75, 3.05) is 0 Å². The maximum Gasteiger partial charge on any atom is 0.455 e. The van der Waals surface area contributed by atoms with Crippen LogP contribution >= 0.6 is 11.3 Å². The summed E-state index contributed by atoms with van der Waals surface area (Å²) in [4.78, 5) is 11.0. The summed E-state index contributed by atoms with van der Waals surface area (Å²) in [5, 5.41) is 0. The Bertz CT molecular complexity index is 315. The number of hydrogen-bond donors (Lipinski definition) is 0. The van der Waals surface area contributed by atoms with Gasteiger partial charge in [-0.05, 0) is 19.1 Å². The van der Waals surface area contributed by atoms with Gasteiger partial charge in [-0.2, -0.15) is 13.2 Å². The summed E-state index contributed by atoms with van der Waals surface area (Å²) < 4.78 is 35.4. The molecule has 1 aromatic rings. The van der Waals surface area contributed by atoms with Crippen molar-refractivity contribution in [1.29, 1.82) is 0 Å². The summed E-state index contributed by atoms with van der Waals surface area (Å²) >= 11 is 0.853. The lowest BCUT2D eigenvalue weighted by atomic mass is 10.3. The Balaban J connectivity index is 0.000000583. The fourth-order valence-corrected chi connectivity index (χ4v) is 1.52. The van der Waals surface area contributed by atoms with Crippen molar-refractivity contribution >= 4 is 17.1 Å². The van der Waals surface area contributed by atoms with Crippen molar-refractivity contribution < 1.29 is 18.0 Å². The largest absolute Gasteiger partial charge is 0.455 e. The SMILES string of the molecule is CCC.Cc1ccc(C(=O)C(F)(F)F)s1. The van der Waals surface area contributed by atoms with Crippen molar-refractivity contribution in [2.24, 2.45) is 0 Å². The van der Waals surface area contributed by atoms with Crippen LogP contribution in [0.2, 0.25) is 0 Å². The summed E-state index contributed by atoms with van der Waals surface area (Å²) in [6.45, 7) is 5.90. The standard InChI is InChI=1S/C7H5F3OS.C3H8/c1-4-2-3-5(12-4)6(11)7(8,9)10;1-3-2/h2-3H,1H3;3H2,1-2H3. The Morgan fingerprint density at radius 3 is 2.07 bits per heavy atom. The van der Waals surface area contributed by atoms with Crippen molar-refractivity contribution in [3.05, 3.63) is 21.9 Å². The van der Waals surface area contributed by atoms with Gasteiger partial charge in [0.25, 0.3) is 5.78 Å². The van der Waals surface area contributed by atoms with Gasteiger partial charge < -0.3 is 0 Å². The van der Waals surface area contributed by atoms with Crippen molar-refractivity contribution in [2.45, 2.75) is 33.4 Å². The highest BCUT2D eigenvalue weighted by Crippen LogP contribution is 2.25. The van der Waals surface area contributed by atoms with Gasteiger partial charge in [0.15, 0.2) is 0 Å². The molecule has 1 heterocycles. The quantitative estimate of drug-likeness (QED) is 0.669. The molecule has 0 radical (unpaired) electrons. The Hall–Kier alpha value is -0.840. The highest BCUT2D eigenvalue weighted by molar-refractivity contribution is 7.14. The molecule has 0 saturated carbocycles. The maximum absolute atomic E-state index is 11.8. The second-order valence-electron chi connectivity index (χ2n) is 2.94. The molecule has 5 heteroatoms. The smallest absolute Gasteiger partial charge is 0.283 e. The summed E-state index contributed by atoms with van der Waals surface area (Å²) in [6, 6.07) is 2.68. The van der Waals surface area contributed by atoms with Crippen molar-refractivity contribution in [3.63, 3.8) is 0 Å². The average Bonchev–Trinajstić information content (AvgIpc) is 2.50. The third-order valence-corrected chi connectivity index (χ3v) is 2.22. The monoisotopic (exact) mass is 238 g/mol. The summed E-state index contributed by atoms with van der Waals surface area (Å²) in [5.74, 6) is -1.76. The third kappa shape index (κ3) is 4.97. The van der Waals surface area contributed by atoms with Gasteiger partial charge in [-0.25, -0.2) is 0 Å². The van der Waals surface area contributed by atoms with E-state index >= 15 is 0 Å². The van der Waals surface area contributed by atoms with Gasteiger partial charge in [-0.1, -0.05) is 20.3 Å². The van der Waals surface area contributed by atoms with Gasteiger partial charge in [-0.3, -0.25) is 4.79 Å². The second-order valence-corrected chi connectivity index (χ2v) is 4.23. The molecule has 0 N–H and O–H groups in total. The Morgan fingerprint density at radius 1 is 1.33 bits per heavy atom. The number of carbonyl (C=O) groups is 1. The molecular weight excluding hydrogens is 225 g/mol. The average molecular weight is 238 g/mol. The van der Waals surface area contributed by atoms with E-state index in [9.17, 15) is 18.0 Å². The van der Waals surface area contributed by atoms with Crippen LogP contribution in [0.25, 0.3) is 0 Å². The molecule has 0 amide bonds. The first-order chi connectivity index (χ1) is 6.82. The second kappa shape index (κ2) is 5.90. The van der Waals surface area contributed by atoms with Crippen LogP contribution in [0.3, 0.4) is 0 Å². The van der Waals surface area contributed by atoms with E-state index in [0.717, 1.165) is 11.3 Å². The number of aryl methyl sites for hydroxylation is 1. The van der Waals surface area contributed by atoms with Crippen LogP contribution in [0.1, 0.15) is 34.8 Å². The molecule has 0 aliphatic heterocycles. The van der Waals surface area contributed by atoms with E-state index in [1.54, 1.807) is 6.92 Å². The van der Waals surface area contributed by atoms with Gasteiger partial charge in [0, 0.05) is 4.88 Å². The minimum atomic E-state index is -4.75. The Labute approximate surface area is 90.9 Å². The number of ketones is 1. The Kier molecular flexibility index (Phi) is 5.57. The third-order valence-electron chi connectivity index (χ3n) is 1.22. The maximum atomic E-state index is 11.8. The van der Waals surface area contributed by atoms with Gasteiger partial charge in [0.05, 0.1) is 4.88 Å².